The van der Waals surface area contributed by atoms with Crippen LogP contribution in [-0.2, 0) is 4.79 Å². The molecule has 3 rings (SSSR count). The van der Waals surface area contributed by atoms with Crippen LogP contribution in [0.3, 0.4) is 0 Å². The molecule has 0 radical (unpaired) electrons. The number of alkyl halides is 4. The van der Waals surface area contributed by atoms with E-state index in [0.717, 1.165) is 29.1 Å². The third-order valence-electron chi connectivity index (χ3n) is 4.51. The van der Waals surface area contributed by atoms with Gasteiger partial charge in [0.2, 0.25) is 0 Å². The molecule has 1 amide bonds. The number of hydrogen-bond donors (Lipinski definition) is 3. The maximum atomic E-state index is 13.7. The third-order valence-corrected chi connectivity index (χ3v) is 5.20. The minimum Gasteiger partial charge on any atom is -0.445 e. The van der Waals surface area contributed by atoms with E-state index in [-0.39, 0.29) is 11.7 Å². The maximum Gasteiger partial charge on any atom is 0.359 e. The number of nitrogens with one attached hydrogen (secondary N) is 3. The molecule has 10 heteroatoms. The molecule has 158 valence electrons. The van der Waals surface area contributed by atoms with E-state index in [1.54, 1.807) is 25.1 Å². The standard InChI is InChI=1S/C19H22F3IN4O2/c1-11(13-3-2-4-14(9-13)29-19(22,23)17(20)21)26-16(28)15-7-8-24-18(27-15)25-10-12-5-6-12/h2-4,7,9,11-12,17H,5-6,8,10H2,1H3,(H,26,28)(H2,24,25,27). The van der Waals surface area contributed by atoms with E-state index in [9.17, 15) is 18.0 Å². The van der Waals surface area contributed by atoms with Gasteiger partial charge in [-0.25, -0.2) is 13.8 Å². The number of amides is 1. The highest BCUT2D eigenvalue weighted by Crippen LogP contribution is 2.33. The molecule has 2 unspecified atom stereocenters. The maximum absolute atomic E-state index is 13.7. The highest BCUT2D eigenvalue weighted by atomic mass is 127. The lowest BCUT2D eigenvalue weighted by molar-refractivity contribution is -0.118. The van der Waals surface area contributed by atoms with Crippen LogP contribution in [0.2, 0.25) is 0 Å². The van der Waals surface area contributed by atoms with Gasteiger partial charge in [-0.2, -0.15) is 4.39 Å². The Labute approximate surface area is 180 Å². The lowest BCUT2D eigenvalue weighted by atomic mass is 10.1. The third kappa shape index (κ3) is 6.25. The lowest BCUT2D eigenvalue weighted by Crippen LogP contribution is -2.44. The topological polar surface area (TPSA) is 74.8 Å². The molecule has 1 aliphatic carbocycles. The summed E-state index contributed by atoms with van der Waals surface area (Å²) in [6.07, 6.45) is 0.808. The Morgan fingerprint density at radius 3 is 2.90 bits per heavy atom. The summed E-state index contributed by atoms with van der Waals surface area (Å²) in [7, 11) is 0. The molecular weight excluding hydrogens is 500 g/mol. The van der Waals surface area contributed by atoms with Gasteiger partial charge in [0.1, 0.15) is 11.4 Å². The van der Waals surface area contributed by atoms with Crippen molar-refractivity contribution < 1.29 is 22.7 Å². The van der Waals surface area contributed by atoms with Gasteiger partial charge in [0, 0.05) is 29.1 Å². The molecule has 6 nitrogen and oxygen atoms in total. The van der Waals surface area contributed by atoms with Crippen molar-refractivity contribution in [1.82, 2.24) is 16.0 Å². The van der Waals surface area contributed by atoms with Gasteiger partial charge in [-0.3, -0.25) is 4.79 Å². The number of benzene rings is 1. The predicted molar refractivity (Wildman–Crippen MR) is 112 cm³/mol. The number of halogens is 4. The average molecular weight is 522 g/mol. The minimum atomic E-state index is -3.29. The van der Waals surface area contributed by atoms with Crippen LogP contribution in [0, 0.1) is 5.92 Å². The largest absolute Gasteiger partial charge is 0.445 e. The van der Waals surface area contributed by atoms with Gasteiger partial charge in [0.25, 0.3) is 5.91 Å². The highest BCUT2D eigenvalue weighted by Gasteiger charge is 2.40. The van der Waals surface area contributed by atoms with Crippen LogP contribution in [0.4, 0.5) is 13.2 Å². The van der Waals surface area contributed by atoms with Crippen molar-refractivity contribution in [3.8, 4) is 5.75 Å². The van der Waals surface area contributed by atoms with Crippen molar-refractivity contribution in [1.29, 1.82) is 0 Å². The fourth-order valence-electron chi connectivity index (χ4n) is 2.67. The van der Waals surface area contributed by atoms with Gasteiger partial charge >= 0.3 is 10.3 Å². The van der Waals surface area contributed by atoms with Crippen LogP contribution in [0.5, 0.6) is 5.75 Å². The predicted octanol–water partition coefficient (Wildman–Crippen LogP) is 3.41. The lowest BCUT2D eigenvalue weighted by Gasteiger charge is -2.22. The number of aliphatic imine (C=N–C) groups is 1. The molecule has 29 heavy (non-hydrogen) atoms. The molecule has 0 aromatic heterocycles. The molecule has 1 aromatic rings. The smallest absolute Gasteiger partial charge is 0.359 e. The van der Waals surface area contributed by atoms with Crippen molar-refractivity contribution in [3.63, 3.8) is 0 Å². The molecule has 1 heterocycles. The molecule has 0 spiro atoms. The van der Waals surface area contributed by atoms with Crippen molar-refractivity contribution in [3.05, 3.63) is 41.6 Å². The SMILES string of the molecule is CC(NC(=O)C1=CCN=C(NCC2CC2)N1)c1cccc(OC(F)(I)C(F)F)c1. The second-order valence-corrected chi connectivity index (χ2v) is 8.46. The van der Waals surface area contributed by atoms with Crippen LogP contribution in [0.15, 0.2) is 41.0 Å². The number of hydrogen-bond acceptors (Lipinski definition) is 5. The van der Waals surface area contributed by atoms with Gasteiger partial charge in [-0.05, 0) is 49.5 Å². The Hall–Kier alpha value is -1.98. The summed E-state index contributed by atoms with van der Waals surface area (Å²) in [6, 6.07) is 5.60. The van der Waals surface area contributed by atoms with Crippen molar-refractivity contribution >= 4 is 34.5 Å². The molecule has 1 aromatic carbocycles. The molecule has 1 aliphatic heterocycles. The zero-order valence-corrected chi connectivity index (χ0v) is 17.9. The molecule has 1 fully saturated rings. The molecule has 3 N–H and O–H groups in total. The first kappa shape index (κ1) is 21.7. The Morgan fingerprint density at radius 1 is 1.45 bits per heavy atom. The fraction of sp³-hybridized carbons (Fsp3) is 0.474. The summed E-state index contributed by atoms with van der Waals surface area (Å²) >= 11 is 0.922. The summed E-state index contributed by atoms with van der Waals surface area (Å²) in [4.78, 5) is 16.8. The summed E-state index contributed by atoms with van der Waals surface area (Å²) in [5.74, 6) is 0.869. The van der Waals surface area contributed by atoms with Crippen LogP contribution in [-0.4, -0.2) is 35.2 Å². The Kier molecular flexibility index (Phi) is 6.91. The number of ether oxygens (including phenoxy) is 1. The number of guanidine groups is 1. The average Bonchev–Trinajstić information content (AvgIpc) is 3.51. The van der Waals surface area contributed by atoms with Crippen LogP contribution < -0.4 is 20.7 Å². The number of rotatable bonds is 8. The quantitative estimate of drug-likeness (QED) is 0.362. The molecular formula is C19H22F3IN4O2. The second-order valence-electron chi connectivity index (χ2n) is 6.99. The van der Waals surface area contributed by atoms with E-state index in [4.69, 9.17) is 4.74 Å². The van der Waals surface area contributed by atoms with E-state index in [1.165, 1.54) is 25.0 Å². The first-order chi connectivity index (χ1) is 13.7. The second kappa shape index (κ2) is 9.23. The normalized spacial score (nSPS) is 19.4. The van der Waals surface area contributed by atoms with Gasteiger partial charge in [-0.15, -0.1) is 0 Å². The van der Waals surface area contributed by atoms with Gasteiger partial charge in [-0.1, -0.05) is 12.1 Å². The van der Waals surface area contributed by atoms with Crippen molar-refractivity contribution in [2.75, 3.05) is 13.1 Å². The van der Waals surface area contributed by atoms with Gasteiger partial charge in [0.15, 0.2) is 5.96 Å². The molecule has 0 saturated heterocycles. The molecule has 2 atom stereocenters. The highest BCUT2D eigenvalue weighted by molar-refractivity contribution is 14.1. The summed E-state index contributed by atoms with van der Waals surface area (Å²) < 4.78 is 40.7. The number of carbonyl (C=O) groups excluding carboxylic acids is 1. The van der Waals surface area contributed by atoms with E-state index in [1.807, 2.05) is 0 Å². The Morgan fingerprint density at radius 2 is 2.21 bits per heavy atom. The number of carbonyl (C=O) groups is 1. The Bertz CT molecular complexity index is 812. The first-order valence-corrected chi connectivity index (χ1v) is 10.3. The monoisotopic (exact) mass is 522 g/mol. The zero-order chi connectivity index (χ0) is 21.0. The molecule has 1 saturated carbocycles. The van der Waals surface area contributed by atoms with Crippen molar-refractivity contribution in [2.24, 2.45) is 10.9 Å². The minimum absolute atomic E-state index is 0.0468. The molecule has 2 aliphatic rings. The van der Waals surface area contributed by atoms with Crippen LogP contribution in [0.1, 0.15) is 31.4 Å². The van der Waals surface area contributed by atoms with Gasteiger partial charge in [0.05, 0.1) is 12.6 Å². The number of nitrogens with zero attached hydrogens (tertiary/aromatic N) is 1. The van der Waals surface area contributed by atoms with Gasteiger partial charge < -0.3 is 20.7 Å². The molecule has 0 bridgehead atoms. The zero-order valence-electron chi connectivity index (χ0n) is 15.7. The first-order valence-electron chi connectivity index (χ1n) is 9.26. The summed E-state index contributed by atoms with van der Waals surface area (Å²) in [5, 5.41) is 9.00. The fourth-order valence-corrected chi connectivity index (χ4v) is 2.92. The van der Waals surface area contributed by atoms with E-state index >= 15 is 0 Å². The van der Waals surface area contributed by atoms with E-state index in [0.29, 0.717) is 29.7 Å². The van der Waals surface area contributed by atoms with Crippen molar-refractivity contribution in [2.45, 2.75) is 36.1 Å². The van der Waals surface area contributed by atoms with E-state index in [2.05, 4.69) is 20.9 Å². The summed E-state index contributed by atoms with van der Waals surface area (Å²) in [6.45, 7) is 2.96. The van der Waals surface area contributed by atoms with E-state index < -0.39 is 16.3 Å². The van der Waals surface area contributed by atoms with Crippen LogP contribution in [0.25, 0.3) is 0 Å². The summed E-state index contributed by atoms with van der Waals surface area (Å²) in [5.41, 5.74) is 0.972. The Balaban J connectivity index is 1.56. The van der Waals surface area contributed by atoms with Crippen LogP contribution >= 0.6 is 22.6 Å².